The molecule has 0 aromatic heterocycles. The van der Waals surface area contributed by atoms with Crippen molar-refractivity contribution in [1.82, 2.24) is 0 Å². The van der Waals surface area contributed by atoms with E-state index in [1.165, 1.54) is 19.1 Å². The molecule has 0 saturated heterocycles. The molecule has 18 heavy (non-hydrogen) atoms. The fourth-order valence-corrected chi connectivity index (χ4v) is 2.31. The number of nitrogens with one attached hydrogen (secondary N) is 1. The van der Waals surface area contributed by atoms with Crippen LogP contribution in [0.25, 0.3) is 0 Å². The number of hydrogen-bond acceptors (Lipinski definition) is 3. The summed E-state index contributed by atoms with van der Waals surface area (Å²) in [6, 6.07) is 4.77. The molecule has 1 aromatic rings. The Morgan fingerprint density at radius 2 is 2.06 bits per heavy atom. The van der Waals surface area contributed by atoms with E-state index in [9.17, 15) is 9.59 Å². The summed E-state index contributed by atoms with van der Waals surface area (Å²) in [5.41, 5.74) is 1.21. The van der Waals surface area contributed by atoms with Crippen molar-refractivity contribution in [3.8, 4) is 0 Å². The second kappa shape index (κ2) is 4.01. The van der Waals surface area contributed by atoms with Crippen LogP contribution in [0.15, 0.2) is 18.2 Å². The number of benzene rings is 1. The van der Waals surface area contributed by atoms with Gasteiger partial charge in [0.05, 0.1) is 22.5 Å². The number of hydrogen-bond donors (Lipinski definition) is 2. The zero-order valence-corrected chi connectivity index (χ0v) is 10.7. The molecular formula is C13H16N2O3. The molecule has 1 heterocycles. The third kappa shape index (κ3) is 1.92. The SMILES string of the molecule is CC(=O)N1c2cc(C(=O)O)ccc2NCC1(C)C. The number of rotatable bonds is 1. The molecule has 1 amide bonds. The monoisotopic (exact) mass is 248 g/mol. The van der Waals surface area contributed by atoms with Crippen LogP contribution in [-0.2, 0) is 4.79 Å². The van der Waals surface area contributed by atoms with Crippen LogP contribution in [-0.4, -0.2) is 29.1 Å². The van der Waals surface area contributed by atoms with E-state index in [1.807, 2.05) is 13.8 Å². The fourth-order valence-electron chi connectivity index (χ4n) is 2.31. The molecule has 0 spiro atoms. The average molecular weight is 248 g/mol. The molecule has 0 bridgehead atoms. The highest BCUT2D eigenvalue weighted by atomic mass is 16.4. The number of nitrogens with zero attached hydrogens (tertiary/aromatic N) is 1. The van der Waals surface area contributed by atoms with E-state index in [0.717, 1.165) is 5.69 Å². The smallest absolute Gasteiger partial charge is 0.335 e. The molecule has 5 nitrogen and oxygen atoms in total. The van der Waals surface area contributed by atoms with Gasteiger partial charge in [0.15, 0.2) is 0 Å². The third-order valence-electron chi connectivity index (χ3n) is 3.12. The van der Waals surface area contributed by atoms with Crippen LogP contribution in [0.3, 0.4) is 0 Å². The molecule has 2 N–H and O–H groups in total. The second-order valence-electron chi connectivity index (χ2n) is 5.06. The van der Waals surface area contributed by atoms with Gasteiger partial charge in [0.25, 0.3) is 0 Å². The van der Waals surface area contributed by atoms with E-state index >= 15 is 0 Å². The molecule has 1 aromatic carbocycles. The van der Waals surface area contributed by atoms with Crippen molar-refractivity contribution in [2.24, 2.45) is 0 Å². The first-order chi connectivity index (χ1) is 8.33. The zero-order chi connectivity index (χ0) is 13.5. The first kappa shape index (κ1) is 12.4. The van der Waals surface area contributed by atoms with Gasteiger partial charge in [-0.25, -0.2) is 4.79 Å². The number of carboxylic acids is 1. The summed E-state index contributed by atoms with van der Waals surface area (Å²) in [6.07, 6.45) is 0. The van der Waals surface area contributed by atoms with Gasteiger partial charge in [0.1, 0.15) is 0 Å². The quantitative estimate of drug-likeness (QED) is 0.797. The molecule has 0 aliphatic carbocycles. The Labute approximate surface area is 105 Å². The maximum absolute atomic E-state index is 11.8. The summed E-state index contributed by atoms with van der Waals surface area (Å²) in [5, 5.41) is 12.2. The van der Waals surface area contributed by atoms with E-state index in [-0.39, 0.29) is 17.0 Å². The first-order valence-corrected chi connectivity index (χ1v) is 5.75. The fraction of sp³-hybridized carbons (Fsp3) is 0.385. The van der Waals surface area contributed by atoms with Gasteiger partial charge in [-0.15, -0.1) is 0 Å². The molecular weight excluding hydrogens is 232 g/mol. The lowest BCUT2D eigenvalue weighted by Crippen LogP contribution is -2.54. The Balaban J connectivity index is 2.58. The van der Waals surface area contributed by atoms with Crippen LogP contribution in [0.2, 0.25) is 0 Å². The summed E-state index contributed by atoms with van der Waals surface area (Å²) < 4.78 is 0. The Kier molecular flexibility index (Phi) is 2.77. The highest BCUT2D eigenvalue weighted by Gasteiger charge is 2.35. The minimum absolute atomic E-state index is 0.0923. The summed E-state index contributed by atoms with van der Waals surface area (Å²) in [5.74, 6) is -1.09. The molecule has 96 valence electrons. The van der Waals surface area contributed by atoms with Crippen molar-refractivity contribution in [1.29, 1.82) is 0 Å². The molecule has 0 unspecified atom stereocenters. The van der Waals surface area contributed by atoms with Gasteiger partial charge in [0, 0.05) is 13.5 Å². The molecule has 1 aliphatic rings. The van der Waals surface area contributed by atoms with Crippen molar-refractivity contribution in [2.75, 3.05) is 16.8 Å². The van der Waals surface area contributed by atoms with E-state index in [1.54, 1.807) is 11.0 Å². The summed E-state index contributed by atoms with van der Waals surface area (Å²) in [6.45, 7) is 6.01. The van der Waals surface area contributed by atoms with Crippen LogP contribution >= 0.6 is 0 Å². The van der Waals surface area contributed by atoms with Crippen LogP contribution < -0.4 is 10.2 Å². The molecule has 1 aliphatic heterocycles. The molecule has 0 fully saturated rings. The lowest BCUT2D eigenvalue weighted by Gasteiger charge is -2.43. The van der Waals surface area contributed by atoms with Crippen molar-refractivity contribution in [3.05, 3.63) is 23.8 Å². The largest absolute Gasteiger partial charge is 0.478 e. The zero-order valence-electron chi connectivity index (χ0n) is 10.7. The summed E-state index contributed by atoms with van der Waals surface area (Å²) >= 11 is 0. The van der Waals surface area contributed by atoms with Gasteiger partial charge in [-0.3, -0.25) is 4.79 Å². The maximum Gasteiger partial charge on any atom is 0.335 e. The van der Waals surface area contributed by atoms with E-state index in [2.05, 4.69) is 5.32 Å². The number of aromatic carboxylic acids is 1. The Morgan fingerprint density at radius 1 is 1.39 bits per heavy atom. The van der Waals surface area contributed by atoms with Gasteiger partial charge in [-0.05, 0) is 32.0 Å². The lowest BCUT2D eigenvalue weighted by atomic mass is 9.96. The molecule has 2 rings (SSSR count). The van der Waals surface area contributed by atoms with Gasteiger partial charge in [-0.1, -0.05) is 0 Å². The standard InChI is InChI=1S/C13H16N2O3/c1-8(16)15-11-6-9(12(17)18)4-5-10(11)14-7-13(15,2)3/h4-6,14H,7H2,1-3H3,(H,17,18). The van der Waals surface area contributed by atoms with Gasteiger partial charge in [0.2, 0.25) is 5.91 Å². The Hall–Kier alpha value is -2.04. The molecule has 0 radical (unpaired) electrons. The molecule has 5 heteroatoms. The van der Waals surface area contributed by atoms with E-state index in [0.29, 0.717) is 12.2 Å². The first-order valence-electron chi connectivity index (χ1n) is 5.75. The average Bonchev–Trinajstić information content (AvgIpc) is 2.26. The van der Waals surface area contributed by atoms with Gasteiger partial charge in [-0.2, -0.15) is 0 Å². The normalized spacial score (nSPS) is 16.7. The maximum atomic E-state index is 11.8. The van der Waals surface area contributed by atoms with E-state index in [4.69, 9.17) is 5.11 Å². The highest BCUT2D eigenvalue weighted by molar-refractivity contribution is 6.00. The van der Waals surface area contributed by atoms with Crippen LogP contribution in [0, 0.1) is 0 Å². The number of fused-ring (bicyclic) bond motifs is 1. The second-order valence-corrected chi connectivity index (χ2v) is 5.06. The van der Waals surface area contributed by atoms with Crippen molar-refractivity contribution >= 4 is 23.3 Å². The van der Waals surface area contributed by atoms with E-state index < -0.39 is 5.97 Å². The van der Waals surface area contributed by atoms with Gasteiger partial charge >= 0.3 is 5.97 Å². The predicted octanol–water partition coefficient (Wildman–Crippen LogP) is 1.94. The summed E-state index contributed by atoms with van der Waals surface area (Å²) in [7, 11) is 0. The topological polar surface area (TPSA) is 69.6 Å². The van der Waals surface area contributed by atoms with Crippen molar-refractivity contribution in [3.63, 3.8) is 0 Å². The summed E-state index contributed by atoms with van der Waals surface area (Å²) in [4.78, 5) is 24.5. The van der Waals surface area contributed by atoms with Crippen LogP contribution in [0.1, 0.15) is 31.1 Å². The number of amides is 1. The number of carbonyl (C=O) groups is 2. The predicted molar refractivity (Wildman–Crippen MR) is 69.1 cm³/mol. The van der Waals surface area contributed by atoms with Crippen LogP contribution in [0.4, 0.5) is 11.4 Å². The Bertz CT molecular complexity index is 523. The third-order valence-corrected chi connectivity index (χ3v) is 3.12. The highest BCUT2D eigenvalue weighted by Crippen LogP contribution is 2.36. The van der Waals surface area contributed by atoms with Crippen molar-refractivity contribution in [2.45, 2.75) is 26.3 Å². The minimum atomic E-state index is -0.996. The lowest BCUT2D eigenvalue weighted by molar-refractivity contribution is -0.117. The number of carbonyl (C=O) groups excluding carboxylic acids is 1. The minimum Gasteiger partial charge on any atom is -0.478 e. The van der Waals surface area contributed by atoms with Gasteiger partial charge < -0.3 is 15.3 Å². The molecule has 0 saturated carbocycles. The van der Waals surface area contributed by atoms with Crippen LogP contribution in [0.5, 0.6) is 0 Å². The molecule has 0 atom stereocenters. The number of carboxylic acid groups (broad SMARTS) is 1. The Morgan fingerprint density at radius 3 is 2.61 bits per heavy atom. The number of anilines is 2. The van der Waals surface area contributed by atoms with Crippen molar-refractivity contribution < 1.29 is 14.7 Å².